The lowest BCUT2D eigenvalue weighted by Crippen LogP contribution is -2.30. The van der Waals surface area contributed by atoms with Crippen LogP contribution in [0.1, 0.15) is 49.3 Å². The van der Waals surface area contributed by atoms with Crippen molar-refractivity contribution in [1.82, 2.24) is 4.98 Å². The average molecular weight is 244 g/mol. The van der Waals surface area contributed by atoms with E-state index in [2.05, 4.69) is 11.1 Å². The first kappa shape index (κ1) is 11.8. The van der Waals surface area contributed by atoms with Crippen LogP contribution >= 0.6 is 0 Å². The number of fused-ring (bicyclic) bond motifs is 1. The Hall–Kier alpha value is -1.22. The molecular formula is C15H20N2O. The molecule has 2 aliphatic carbocycles. The summed E-state index contributed by atoms with van der Waals surface area (Å²) in [6, 6.07) is 4.14. The molecule has 0 aliphatic heterocycles. The van der Waals surface area contributed by atoms with E-state index in [-0.39, 0.29) is 12.0 Å². The number of hydrogen-bond donors (Lipinski definition) is 1. The van der Waals surface area contributed by atoms with Gasteiger partial charge in [0.05, 0.1) is 11.6 Å². The third kappa shape index (κ3) is 2.32. The van der Waals surface area contributed by atoms with Gasteiger partial charge in [0.1, 0.15) is 5.78 Å². The van der Waals surface area contributed by atoms with Gasteiger partial charge in [-0.3, -0.25) is 9.78 Å². The lowest BCUT2D eigenvalue weighted by Gasteiger charge is -2.24. The van der Waals surface area contributed by atoms with E-state index in [0.29, 0.717) is 18.1 Å². The van der Waals surface area contributed by atoms with Crippen LogP contribution in [0.25, 0.3) is 0 Å². The third-order valence-corrected chi connectivity index (χ3v) is 4.25. The largest absolute Gasteiger partial charge is 0.327 e. The lowest BCUT2D eigenvalue weighted by atomic mass is 9.82. The van der Waals surface area contributed by atoms with Gasteiger partial charge < -0.3 is 5.73 Å². The predicted molar refractivity (Wildman–Crippen MR) is 70.2 cm³/mol. The van der Waals surface area contributed by atoms with E-state index in [9.17, 15) is 4.79 Å². The number of aryl methyl sites for hydroxylation is 1. The van der Waals surface area contributed by atoms with Crippen molar-refractivity contribution in [1.29, 1.82) is 0 Å². The van der Waals surface area contributed by atoms with Gasteiger partial charge in [0.25, 0.3) is 0 Å². The Balaban J connectivity index is 1.74. The van der Waals surface area contributed by atoms with Crippen LogP contribution < -0.4 is 5.73 Å². The van der Waals surface area contributed by atoms with Crippen LogP contribution in [0.3, 0.4) is 0 Å². The SMILES string of the molecule is NC(CC(=O)C1CCCc2cccnc21)C1CC1. The van der Waals surface area contributed by atoms with Crippen molar-refractivity contribution in [3.8, 4) is 0 Å². The van der Waals surface area contributed by atoms with Gasteiger partial charge in [-0.2, -0.15) is 0 Å². The molecule has 0 amide bonds. The summed E-state index contributed by atoms with van der Waals surface area (Å²) in [5.74, 6) is 0.898. The molecule has 2 N–H and O–H groups in total. The Kier molecular flexibility index (Phi) is 3.16. The molecule has 0 saturated heterocycles. The van der Waals surface area contributed by atoms with Gasteiger partial charge in [-0.25, -0.2) is 0 Å². The Labute approximate surface area is 108 Å². The fourth-order valence-electron chi connectivity index (χ4n) is 2.99. The number of nitrogens with two attached hydrogens (primary N) is 1. The maximum Gasteiger partial charge on any atom is 0.143 e. The topological polar surface area (TPSA) is 56.0 Å². The molecule has 1 saturated carbocycles. The van der Waals surface area contributed by atoms with Crippen LogP contribution in [0.4, 0.5) is 0 Å². The van der Waals surface area contributed by atoms with Crippen molar-refractivity contribution < 1.29 is 4.79 Å². The minimum Gasteiger partial charge on any atom is -0.327 e. The molecule has 3 nitrogen and oxygen atoms in total. The van der Waals surface area contributed by atoms with Gasteiger partial charge in [-0.15, -0.1) is 0 Å². The summed E-state index contributed by atoms with van der Waals surface area (Å²) >= 11 is 0. The highest BCUT2D eigenvalue weighted by Crippen LogP contribution is 2.36. The minimum atomic E-state index is -0.000231. The van der Waals surface area contributed by atoms with Gasteiger partial charge in [0, 0.05) is 18.7 Å². The van der Waals surface area contributed by atoms with Crippen LogP contribution in [-0.2, 0) is 11.2 Å². The first-order valence-corrected chi connectivity index (χ1v) is 6.98. The molecular weight excluding hydrogens is 224 g/mol. The maximum absolute atomic E-state index is 12.4. The lowest BCUT2D eigenvalue weighted by molar-refractivity contribution is -0.121. The van der Waals surface area contributed by atoms with Gasteiger partial charge >= 0.3 is 0 Å². The molecule has 0 aromatic carbocycles. The van der Waals surface area contributed by atoms with E-state index < -0.39 is 0 Å². The van der Waals surface area contributed by atoms with Gasteiger partial charge in [-0.05, 0) is 49.7 Å². The summed E-state index contributed by atoms with van der Waals surface area (Å²) in [7, 11) is 0. The molecule has 0 radical (unpaired) electrons. The Bertz CT molecular complexity index is 454. The van der Waals surface area contributed by atoms with E-state index in [1.165, 1.54) is 18.4 Å². The summed E-state index contributed by atoms with van der Waals surface area (Å²) in [6.07, 6.45) is 7.83. The quantitative estimate of drug-likeness (QED) is 0.883. The van der Waals surface area contributed by atoms with Crippen molar-refractivity contribution in [2.24, 2.45) is 11.7 Å². The number of ketones is 1. The number of pyridine rings is 1. The van der Waals surface area contributed by atoms with Gasteiger partial charge in [-0.1, -0.05) is 6.07 Å². The molecule has 1 fully saturated rings. The normalized spacial score (nSPS) is 24.4. The monoisotopic (exact) mass is 244 g/mol. The van der Waals surface area contributed by atoms with Crippen molar-refractivity contribution in [3.63, 3.8) is 0 Å². The molecule has 1 aromatic heterocycles. The maximum atomic E-state index is 12.4. The Morgan fingerprint density at radius 2 is 2.28 bits per heavy atom. The molecule has 1 heterocycles. The van der Waals surface area contributed by atoms with Crippen LogP contribution in [0.15, 0.2) is 18.3 Å². The van der Waals surface area contributed by atoms with Crippen molar-refractivity contribution in [2.75, 3.05) is 0 Å². The molecule has 2 atom stereocenters. The highest BCUT2D eigenvalue weighted by atomic mass is 16.1. The highest BCUT2D eigenvalue weighted by molar-refractivity contribution is 5.86. The molecule has 3 heteroatoms. The van der Waals surface area contributed by atoms with Crippen molar-refractivity contribution in [3.05, 3.63) is 29.6 Å². The summed E-state index contributed by atoms with van der Waals surface area (Å²) in [5.41, 5.74) is 8.33. The molecule has 3 rings (SSSR count). The number of carbonyl (C=O) groups excluding carboxylic acids is 1. The highest BCUT2D eigenvalue weighted by Gasteiger charge is 2.33. The molecule has 1 aromatic rings. The van der Waals surface area contributed by atoms with E-state index in [1.807, 2.05) is 6.07 Å². The number of rotatable bonds is 4. The van der Waals surface area contributed by atoms with Gasteiger partial charge in [0.15, 0.2) is 0 Å². The minimum absolute atomic E-state index is 0.000231. The molecule has 2 aliphatic rings. The number of aromatic nitrogens is 1. The molecule has 18 heavy (non-hydrogen) atoms. The van der Waals surface area contributed by atoms with E-state index in [1.54, 1.807) is 6.20 Å². The molecule has 0 bridgehead atoms. The van der Waals surface area contributed by atoms with Gasteiger partial charge in [0.2, 0.25) is 0 Å². The molecule has 0 spiro atoms. The van der Waals surface area contributed by atoms with Crippen LogP contribution in [0.2, 0.25) is 0 Å². The fourth-order valence-corrected chi connectivity index (χ4v) is 2.99. The fraction of sp³-hybridized carbons (Fsp3) is 0.600. The second-order valence-corrected chi connectivity index (χ2v) is 5.66. The van der Waals surface area contributed by atoms with Crippen molar-refractivity contribution >= 4 is 5.78 Å². The zero-order valence-electron chi connectivity index (χ0n) is 10.6. The van der Waals surface area contributed by atoms with Crippen LogP contribution in [0.5, 0.6) is 0 Å². The van der Waals surface area contributed by atoms with Crippen LogP contribution in [0, 0.1) is 5.92 Å². The number of Topliss-reactive ketones (excluding diaryl/α,β-unsaturated/α-hetero) is 1. The van der Waals surface area contributed by atoms with Crippen LogP contribution in [-0.4, -0.2) is 16.8 Å². The summed E-state index contributed by atoms with van der Waals surface area (Å²) in [4.78, 5) is 16.8. The average Bonchev–Trinajstić information content (AvgIpc) is 3.22. The number of hydrogen-bond acceptors (Lipinski definition) is 3. The molecule has 96 valence electrons. The number of carbonyl (C=O) groups is 1. The predicted octanol–water partition coefficient (Wildman–Crippen LogP) is 2.20. The Morgan fingerprint density at radius 1 is 1.44 bits per heavy atom. The first-order chi connectivity index (χ1) is 8.75. The second kappa shape index (κ2) is 4.81. The molecule has 2 unspecified atom stereocenters. The third-order valence-electron chi connectivity index (χ3n) is 4.25. The standard InChI is InChI=1S/C15H20N2O/c16-13(10-6-7-10)9-14(18)12-5-1-3-11-4-2-8-17-15(11)12/h2,4,8,10,12-13H,1,3,5-7,9,16H2. The zero-order chi connectivity index (χ0) is 12.5. The summed E-state index contributed by atoms with van der Waals surface area (Å²) in [6.45, 7) is 0. The van der Waals surface area contributed by atoms with E-state index in [0.717, 1.165) is 25.0 Å². The summed E-state index contributed by atoms with van der Waals surface area (Å²) in [5, 5.41) is 0. The van der Waals surface area contributed by atoms with Crippen molar-refractivity contribution in [2.45, 2.75) is 50.5 Å². The zero-order valence-corrected chi connectivity index (χ0v) is 10.6. The Morgan fingerprint density at radius 3 is 3.06 bits per heavy atom. The number of nitrogens with zero attached hydrogens (tertiary/aromatic N) is 1. The summed E-state index contributed by atoms with van der Waals surface area (Å²) < 4.78 is 0. The second-order valence-electron chi connectivity index (χ2n) is 5.66. The van der Waals surface area contributed by atoms with E-state index in [4.69, 9.17) is 5.73 Å². The van der Waals surface area contributed by atoms with E-state index >= 15 is 0 Å². The first-order valence-electron chi connectivity index (χ1n) is 6.98. The smallest absolute Gasteiger partial charge is 0.143 e.